The van der Waals surface area contributed by atoms with Gasteiger partial charge in [0.1, 0.15) is 17.7 Å². The third-order valence-corrected chi connectivity index (χ3v) is 3.69. The number of ether oxygens (including phenoxy) is 1. The molecule has 1 N–H and O–H groups in total. The average Bonchev–Trinajstić information content (AvgIpc) is 2.43. The summed E-state index contributed by atoms with van der Waals surface area (Å²) in [5, 5.41) is 10.8. The fraction of sp³-hybridized carbons (Fsp3) is 0.250. The molecule has 0 fully saturated rings. The van der Waals surface area contributed by atoms with Gasteiger partial charge in [-0.2, -0.15) is 0 Å². The van der Waals surface area contributed by atoms with Crippen LogP contribution in [0.15, 0.2) is 30.3 Å². The lowest BCUT2D eigenvalue weighted by Gasteiger charge is -2.19. The van der Waals surface area contributed by atoms with Crippen LogP contribution < -0.4 is 4.74 Å². The second-order valence-corrected chi connectivity index (χ2v) is 5.13. The standard InChI is InChI=1S/C16H16ClFO2/c1-9-4-6-12(16(20-3)10(9)2)15(19)13-8-11(17)5-7-14(13)18/h4-8,15,19H,1-3H3. The van der Waals surface area contributed by atoms with Gasteiger partial charge in [-0.1, -0.05) is 23.7 Å². The summed E-state index contributed by atoms with van der Waals surface area (Å²) >= 11 is 5.87. The van der Waals surface area contributed by atoms with Crippen LogP contribution in [0.1, 0.15) is 28.4 Å². The van der Waals surface area contributed by atoms with Crippen molar-refractivity contribution in [3.8, 4) is 5.75 Å². The maximum atomic E-state index is 13.9. The molecule has 0 amide bonds. The van der Waals surface area contributed by atoms with Crippen molar-refractivity contribution in [1.82, 2.24) is 0 Å². The number of aliphatic hydroxyl groups excluding tert-OH is 1. The van der Waals surface area contributed by atoms with Gasteiger partial charge in [0.25, 0.3) is 0 Å². The summed E-state index contributed by atoms with van der Waals surface area (Å²) in [7, 11) is 1.53. The topological polar surface area (TPSA) is 29.5 Å². The normalized spacial score (nSPS) is 12.3. The Hall–Kier alpha value is -1.58. The molecular weight excluding hydrogens is 279 g/mol. The number of halogens is 2. The summed E-state index contributed by atoms with van der Waals surface area (Å²) in [5.41, 5.74) is 2.63. The summed E-state index contributed by atoms with van der Waals surface area (Å²) in [6.07, 6.45) is -1.12. The van der Waals surface area contributed by atoms with Gasteiger partial charge in [-0.15, -0.1) is 0 Å². The molecule has 0 aliphatic carbocycles. The van der Waals surface area contributed by atoms with Gasteiger partial charge in [-0.05, 0) is 43.2 Å². The zero-order valence-electron chi connectivity index (χ0n) is 11.6. The molecule has 2 aromatic carbocycles. The van der Waals surface area contributed by atoms with E-state index in [9.17, 15) is 9.50 Å². The van der Waals surface area contributed by atoms with Gasteiger partial charge in [0.15, 0.2) is 0 Å². The van der Waals surface area contributed by atoms with Crippen molar-refractivity contribution in [2.75, 3.05) is 7.11 Å². The van der Waals surface area contributed by atoms with E-state index in [-0.39, 0.29) is 5.56 Å². The van der Waals surface area contributed by atoms with Crippen LogP contribution in [0, 0.1) is 19.7 Å². The van der Waals surface area contributed by atoms with Gasteiger partial charge in [0, 0.05) is 16.1 Å². The summed E-state index contributed by atoms with van der Waals surface area (Å²) in [6, 6.07) is 7.74. The minimum absolute atomic E-state index is 0.138. The van der Waals surface area contributed by atoms with Crippen molar-refractivity contribution in [2.24, 2.45) is 0 Å². The number of benzene rings is 2. The van der Waals surface area contributed by atoms with Crippen molar-refractivity contribution in [3.05, 3.63) is 63.4 Å². The highest BCUT2D eigenvalue weighted by atomic mass is 35.5. The lowest BCUT2D eigenvalue weighted by molar-refractivity contribution is 0.209. The summed E-state index contributed by atoms with van der Waals surface area (Å²) in [4.78, 5) is 0. The molecule has 1 atom stereocenters. The van der Waals surface area contributed by atoms with E-state index in [0.29, 0.717) is 16.3 Å². The summed E-state index contributed by atoms with van der Waals surface area (Å²) in [5.74, 6) is 0.0686. The van der Waals surface area contributed by atoms with E-state index < -0.39 is 11.9 Å². The van der Waals surface area contributed by atoms with Crippen LogP contribution >= 0.6 is 11.6 Å². The highest BCUT2D eigenvalue weighted by molar-refractivity contribution is 6.30. The van der Waals surface area contributed by atoms with Crippen LogP contribution in [0.25, 0.3) is 0 Å². The fourth-order valence-electron chi connectivity index (χ4n) is 2.19. The molecular formula is C16H16ClFO2. The zero-order chi connectivity index (χ0) is 14.9. The minimum Gasteiger partial charge on any atom is -0.496 e. The number of aliphatic hydroxyl groups is 1. The second-order valence-electron chi connectivity index (χ2n) is 4.70. The molecule has 4 heteroatoms. The Labute approximate surface area is 122 Å². The molecule has 0 aliphatic heterocycles. The Kier molecular flexibility index (Phi) is 4.31. The molecule has 0 aromatic heterocycles. The van der Waals surface area contributed by atoms with E-state index >= 15 is 0 Å². The van der Waals surface area contributed by atoms with Crippen molar-refractivity contribution in [2.45, 2.75) is 20.0 Å². The predicted molar refractivity (Wildman–Crippen MR) is 77.9 cm³/mol. The fourth-order valence-corrected chi connectivity index (χ4v) is 2.37. The zero-order valence-corrected chi connectivity index (χ0v) is 12.3. The lowest BCUT2D eigenvalue weighted by Crippen LogP contribution is -2.06. The van der Waals surface area contributed by atoms with Gasteiger partial charge in [0.2, 0.25) is 0 Å². The van der Waals surface area contributed by atoms with Gasteiger partial charge in [-0.3, -0.25) is 0 Å². The Balaban J connectivity index is 2.56. The minimum atomic E-state index is -1.12. The van der Waals surface area contributed by atoms with E-state index in [2.05, 4.69) is 0 Å². The molecule has 0 saturated heterocycles. The Morgan fingerprint density at radius 3 is 2.50 bits per heavy atom. The monoisotopic (exact) mass is 294 g/mol. The SMILES string of the molecule is COc1c(C(O)c2cc(Cl)ccc2F)ccc(C)c1C. The van der Waals surface area contributed by atoms with Crippen LogP contribution in [0.2, 0.25) is 5.02 Å². The first-order valence-corrected chi connectivity index (χ1v) is 6.60. The summed E-state index contributed by atoms with van der Waals surface area (Å²) < 4.78 is 19.2. The Morgan fingerprint density at radius 2 is 1.85 bits per heavy atom. The number of methoxy groups -OCH3 is 1. The van der Waals surface area contributed by atoms with Crippen LogP contribution in [-0.2, 0) is 0 Å². The molecule has 2 aromatic rings. The average molecular weight is 295 g/mol. The third-order valence-electron chi connectivity index (χ3n) is 3.46. The van der Waals surface area contributed by atoms with E-state index in [4.69, 9.17) is 16.3 Å². The van der Waals surface area contributed by atoms with Crippen molar-refractivity contribution in [1.29, 1.82) is 0 Å². The Bertz CT molecular complexity index is 641. The largest absolute Gasteiger partial charge is 0.496 e. The molecule has 2 rings (SSSR count). The van der Waals surface area contributed by atoms with Crippen LogP contribution in [-0.4, -0.2) is 12.2 Å². The maximum absolute atomic E-state index is 13.9. The molecule has 0 aliphatic rings. The van der Waals surface area contributed by atoms with E-state index in [1.165, 1.54) is 25.3 Å². The van der Waals surface area contributed by atoms with Crippen LogP contribution in [0.4, 0.5) is 4.39 Å². The first kappa shape index (κ1) is 14.8. The number of hydrogen-bond acceptors (Lipinski definition) is 2. The maximum Gasteiger partial charge on any atom is 0.129 e. The predicted octanol–water partition coefficient (Wildman–Crippen LogP) is 4.19. The number of hydrogen-bond donors (Lipinski definition) is 1. The number of aryl methyl sites for hydroxylation is 1. The van der Waals surface area contributed by atoms with E-state index in [1.54, 1.807) is 6.07 Å². The first-order chi connectivity index (χ1) is 9.45. The molecule has 20 heavy (non-hydrogen) atoms. The third kappa shape index (κ3) is 2.65. The number of rotatable bonds is 3. The molecule has 0 bridgehead atoms. The highest BCUT2D eigenvalue weighted by Gasteiger charge is 2.21. The molecule has 0 spiro atoms. The summed E-state index contributed by atoms with van der Waals surface area (Å²) in [6.45, 7) is 3.85. The van der Waals surface area contributed by atoms with Gasteiger partial charge >= 0.3 is 0 Å². The first-order valence-electron chi connectivity index (χ1n) is 6.22. The molecule has 0 saturated carbocycles. The highest BCUT2D eigenvalue weighted by Crippen LogP contribution is 2.35. The van der Waals surface area contributed by atoms with Crippen LogP contribution in [0.5, 0.6) is 5.75 Å². The van der Waals surface area contributed by atoms with Crippen molar-refractivity contribution in [3.63, 3.8) is 0 Å². The molecule has 0 radical (unpaired) electrons. The van der Waals surface area contributed by atoms with E-state index in [1.807, 2.05) is 19.9 Å². The van der Waals surface area contributed by atoms with Crippen LogP contribution in [0.3, 0.4) is 0 Å². The van der Waals surface area contributed by atoms with Crippen molar-refractivity contribution >= 4 is 11.6 Å². The Morgan fingerprint density at radius 1 is 1.15 bits per heavy atom. The molecule has 106 valence electrons. The van der Waals surface area contributed by atoms with Gasteiger partial charge in [0.05, 0.1) is 7.11 Å². The lowest BCUT2D eigenvalue weighted by atomic mass is 9.96. The second kappa shape index (κ2) is 5.81. The van der Waals surface area contributed by atoms with Gasteiger partial charge < -0.3 is 9.84 Å². The van der Waals surface area contributed by atoms with E-state index in [0.717, 1.165) is 11.1 Å². The van der Waals surface area contributed by atoms with Gasteiger partial charge in [-0.25, -0.2) is 4.39 Å². The molecule has 2 nitrogen and oxygen atoms in total. The quantitative estimate of drug-likeness (QED) is 0.920. The molecule has 0 heterocycles. The molecule has 1 unspecified atom stereocenters. The van der Waals surface area contributed by atoms with Crippen molar-refractivity contribution < 1.29 is 14.2 Å². The smallest absolute Gasteiger partial charge is 0.129 e.